The van der Waals surface area contributed by atoms with Gasteiger partial charge in [-0.25, -0.2) is 0 Å². The number of hydrogen-bond acceptors (Lipinski definition) is 7. The van der Waals surface area contributed by atoms with Crippen LogP contribution in [-0.4, -0.2) is 48.0 Å². The molecule has 0 aromatic carbocycles. The van der Waals surface area contributed by atoms with E-state index in [2.05, 4.69) is 15.0 Å². The standard InChI is InChI=1S/C10H14N4O3/c1-16-9-11-8(12-10(13-9)17-2)14-5-3-4-7(15)6-14/h3-6H2,1-2H3. The number of nitrogens with zero attached hydrogens (tertiary/aromatic N) is 4. The highest BCUT2D eigenvalue weighted by molar-refractivity contribution is 5.84. The Labute approximate surface area is 98.8 Å². The smallest absolute Gasteiger partial charge is 0.324 e. The zero-order valence-corrected chi connectivity index (χ0v) is 9.84. The molecule has 7 nitrogen and oxygen atoms in total. The Kier molecular flexibility index (Phi) is 3.36. The van der Waals surface area contributed by atoms with Gasteiger partial charge in [0, 0.05) is 13.0 Å². The summed E-state index contributed by atoms with van der Waals surface area (Å²) in [5.41, 5.74) is 0. The van der Waals surface area contributed by atoms with E-state index in [1.54, 1.807) is 4.90 Å². The molecule has 0 aliphatic carbocycles. The monoisotopic (exact) mass is 238 g/mol. The number of carbonyl (C=O) groups is 1. The summed E-state index contributed by atoms with van der Waals surface area (Å²) < 4.78 is 9.92. The van der Waals surface area contributed by atoms with Crippen LogP contribution >= 0.6 is 0 Å². The molecular weight excluding hydrogens is 224 g/mol. The fourth-order valence-corrected chi connectivity index (χ4v) is 1.66. The molecular formula is C10H14N4O3. The van der Waals surface area contributed by atoms with Gasteiger partial charge in [-0.3, -0.25) is 4.79 Å². The molecule has 92 valence electrons. The molecule has 1 aromatic heterocycles. The number of piperidine rings is 1. The van der Waals surface area contributed by atoms with E-state index in [-0.39, 0.29) is 17.8 Å². The molecule has 1 aliphatic rings. The van der Waals surface area contributed by atoms with E-state index in [9.17, 15) is 4.79 Å². The van der Waals surface area contributed by atoms with Crippen LogP contribution < -0.4 is 14.4 Å². The maximum absolute atomic E-state index is 11.4. The van der Waals surface area contributed by atoms with Crippen LogP contribution in [0.5, 0.6) is 12.0 Å². The normalized spacial score (nSPS) is 15.9. The summed E-state index contributed by atoms with van der Waals surface area (Å²) in [6.07, 6.45) is 1.44. The molecule has 0 bridgehead atoms. The lowest BCUT2D eigenvalue weighted by molar-refractivity contribution is -0.118. The number of rotatable bonds is 3. The molecule has 1 fully saturated rings. The summed E-state index contributed by atoms with van der Waals surface area (Å²) in [6, 6.07) is 0.370. The third-order valence-electron chi connectivity index (χ3n) is 2.48. The van der Waals surface area contributed by atoms with Gasteiger partial charge in [-0.15, -0.1) is 4.98 Å². The largest absolute Gasteiger partial charge is 0.467 e. The summed E-state index contributed by atoms with van der Waals surface area (Å²) in [6.45, 7) is 1.08. The number of Topliss-reactive ketones (excluding diaryl/α,β-unsaturated/α-hetero) is 1. The van der Waals surface area contributed by atoms with Gasteiger partial charge in [-0.2, -0.15) is 9.97 Å². The van der Waals surface area contributed by atoms with Crippen LogP contribution in [0.2, 0.25) is 0 Å². The van der Waals surface area contributed by atoms with E-state index in [1.807, 2.05) is 0 Å². The first kappa shape index (κ1) is 11.6. The Morgan fingerprint density at radius 2 is 1.76 bits per heavy atom. The highest BCUT2D eigenvalue weighted by Crippen LogP contribution is 2.18. The third-order valence-corrected chi connectivity index (χ3v) is 2.48. The molecule has 0 N–H and O–H groups in total. The van der Waals surface area contributed by atoms with Crippen molar-refractivity contribution in [1.29, 1.82) is 0 Å². The van der Waals surface area contributed by atoms with Gasteiger partial charge < -0.3 is 14.4 Å². The second-order valence-corrected chi connectivity index (χ2v) is 3.67. The van der Waals surface area contributed by atoms with Gasteiger partial charge in [-0.05, 0) is 6.42 Å². The minimum Gasteiger partial charge on any atom is -0.467 e. The van der Waals surface area contributed by atoms with Gasteiger partial charge in [0.15, 0.2) is 5.78 Å². The van der Waals surface area contributed by atoms with Crippen molar-refractivity contribution in [1.82, 2.24) is 15.0 Å². The molecule has 0 unspecified atom stereocenters. The molecule has 2 rings (SSSR count). The van der Waals surface area contributed by atoms with Crippen molar-refractivity contribution in [3.63, 3.8) is 0 Å². The third kappa shape index (κ3) is 2.61. The van der Waals surface area contributed by atoms with Gasteiger partial charge in [0.1, 0.15) is 0 Å². The quantitative estimate of drug-likeness (QED) is 0.736. The van der Waals surface area contributed by atoms with Crippen molar-refractivity contribution in [2.75, 3.05) is 32.2 Å². The lowest BCUT2D eigenvalue weighted by Crippen LogP contribution is -2.36. The molecule has 1 saturated heterocycles. The predicted octanol–water partition coefficient (Wildman–Crippen LogP) is 0.0581. The van der Waals surface area contributed by atoms with Crippen LogP contribution in [0.3, 0.4) is 0 Å². The Morgan fingerprint density at radius 3 is 2.29 bits per heavy atom. The van der Waals surface area contributed by atoms with Crippen LogP contribution in [0.15, 0.2) is 0 Å². The van der Waals surface area contributed by atoms with E-state index < -0.39 is 0 Å². The van der Waals surface area contributed by atoms with Crippen LogP contribution in [0.25, 0.3) is 0 Å². The molecule has 0 spiro atoms. The van der Waals surface area contributed by atoms with Crippen LogP contribution in [0, 0.1) is 0 Å². The first-order chi connectivity index (χ1) is 8.22. The first-order valence-electron chi connectivity index (χ1n) is 5.33. The topological polar surface area (TPSA) is 77.4 Å². The number of anilines is 1. The minimum absolute atomic E-state index is 0.185. The maximum Gasteiger partial charge on any atom is 0.324 e. The summed E-state index contributed by atoms with van der Waals surface area (Å²) in [5, 5.41) is 0. The first-order valence-corrected chi connectivity index (χ1v) is 5.33. The lowest BCUT2D eigenvalue weighted by atomic mass is 10.1. The molecule has 0 saturated carbocycles. The fraction of sp³-hybridized carbons (Fsp3) is 0.600. The van der Waals surface area contributed by atoms with Crippen molar-refractivity contribution in [2.24, 2.45) is 0 Å². The highest BCUT2D eigenvalue weighted by atomic mass is 16.5. The van der Waals surface area contributed by atoms with Crippen molar-refractivity contribution in [2.45, 2.75) is 12.8 Å². The summed E-state index contributed by atoms with van der Waals surface area (Å²) in [7, 11) is 2.94. The number of methoxy groups -OCH3 is 2. The summed E-state index contributed by atoms with van der Waals surface area (Å²) >= 11 is 0. The zero-order valence-electron chi connectivity index (χ0n) is 9.84. The molecule has 0 atom stereocenters. The number of aromatic nitrogens is 3. The van der Waals surface area contributed by atoms with Crippen molar-refractivity contribution >= 4 is 11.7 Å². The van der Waals surface area contributed by atoms with Gasteiger partial charge in [0.05, 0.1) is 20.8 Å². The SMILES string of the molecule is COc1nc(OC)nc(N2CCCC(=O)C2)n1. The van der Waals surface area contributed by atoms with Gasteiger partial charge in [0.2, 0.25) is 5.95 Å². The van der Waals surface area contributed by atoms with Crippen molar-refractivity contribution in [3.05, 3.63) is 0 Å². The Balaban J connectivity index is 2.26. The van der Waals surface area contributed by atoms with Crippen molar-refractivity contribution < 1.29 is 14.3 Å². The Morgan fingerprint density at radius 1 is 1.12 bits per heavy atom. The van der Waals surface area contributed by atoms with Crippen LogP contribution in [0.1, 0.15) is 12.8 Å². The van der Waals surface area contributed by atoms with E-state index in [4.69, 9.17) is 9.47 Å². The molecule has 0 radical (unpaired) electrons. The number of ether oxygens (including phenoxy) is 2. The molecule has 0 amide bonds. The molecule has 7 heteroatoms. The summed E-state index contributed by atoms with van der Waals surface area (Å²) in [4.78, 5) is 25.3. The fourth-order valence-electron chi connectivity index (χ4n) is 1.66. The van der Waals surface area contributed by atoms with E-state index in [0.717, 1.165) is 13.0 Å². The number of carbonyl (C=O) groups excluding carboxylic acids is 1. The van der Waals surface area contributed by atoms with E-state index in [1.165, 1.54) is 14.2 Å². The minimum atomic E-state index is 0.185. The second kappa shape index (κ2) is 4.94. The van der Waals surface area contributed by atoms with Crippen LogP contribution in [-0.2, 0) is 4.79 Å². The predicted molar refractivity (Wildman–Crippen MR) is 59.4 cm³/mol. The number of hydrogen-bond donors (Lipinski definition) is 0. The average Bonchev–Trinajstić information content (AvgIpc) is 2.38. The summed E-state index contributed by atoms with van der Waals surface area (Å²) in [5.74, 6) is 0.608. The highest BCUT2D eigenvalue weighted by Gasteiger charge is 2.21. The second-order valence-electron chi connectivity index (χ2n) is 3.67. The molecule has 17 heavy (non-hydrogen) atoms. The zero-order chi connectivity index (χ0) is 12.3. The van der Waals surface area contributed by atoms with Gasteiger partial charge >= 0.3 is 12.0 Å². The Bertz CT molecular complexity index is 402. The van der Waals surface area contributed by atoms with E-state index >= 15 is 0 Å². The van der Waals surface area contributed by atoms with Gasteiger partial charge in [0.25, 0.3) is 0 Å². The Hall–Kier alpha value is -1.92. The van der Waals surface area contributed by atoms with Gasteiger partial charge in [-0.1, -0.05) is 0 Å². The number of ketones is 1. The molecule has 1 aromatic rings. The lowest BCUT2D eigenvalue weighted by Gasteiger charge is -2.25. The van der Waals surface area contributed by atoms with E-state index in [0.29, 0.717) is 18.9 Å². The van der Waals surface area contributed by atoms with Crippen LogP contribution in [0.4, 0.5) is 5.95 Å². The maximum atomic E-state index is 11.4. The van der Waals surface area contributed by atoms with Crippen molar-refractivity contribution in [3.8, 4) is 12.0 Å². The average molecular weight is 238 g/mol. The molecule has 2 heterocycles. The molecule has 1 aliphatic heterocycles.